The average Bonchev–Trinajstić information content (AvgIpc) is 2.81. The third kappa shape index (κ3) is 6.34. The quantitative estimate of drug-likeness (QED) is 0.642. The zero-order chi connectivity index (χ0) is 20.8. The van der Waals surface area contributed by atoms with E-state index in [2.05, 4.69) is 11.0 Å². The minimum absolute atomic E-state index is 0. The lowest BCUT2D eigenvalue weighted by atomic mass is 9.98. The number of nitrogens with zero attached hydrogens (tertiary/aromatic N) is 2. The number of halogens is 1. The second-order valence-electron chi connectivity index (χ2n) is 8.77. The molecule has 31 heavy (non-hydrogen) atoms. The first-order valence-electron chi connectivity index (χ1n) is 11.5. The van der Waals surface area contributed by atoms with Crippen molar-refractivity contribution in [1.29, 1.82) is 0 Å². The van der Waals surface area contributed by atoms with Gasteiger partial charge in [-0.05, 0) is 86.1 Å². The van der Waals surface area contributed by atoms with Crippen molar-refractivity contribution in [3.63, 3.8) is 0 Å². The molecule has 4 rings (SSSR count). The smallest absolute Gasteiger partial charge is 0.253 e. The third-order valence-electron chi connectivity index (χ3n) is 6.46. The van der Waals surface area contributed by atoms with E-state index in [0.29, 0.717) is 6.54 Å². The molecule has 2 aromatic rings. The number of piperidine rings is 2. The maximum Gasteiger partial charge on any atom is 0.253 e. The van der Waals surface area contributed by atoms with Gasteiger partial charge in [-0.2, -0.15) is 0 Å². The number of rotatable bonds is 7. The molecule has 1 N–H and O–H groups in total. The number of ether oxygens (including phenoxy) is 1. The molecule has 0 aliphatic carbocycles. The number of benzene rings is 2. The highest BCUT2D eigenvalue weighted by Gasteiger charge is 2.24. The maximum atomic E-state index is 12.9. The molecule has 6 heteroatoms. The standard InChI is InChI=1S/C25H34N2O3.ClH/c28-19-20-6-4-14-27(18-20)25(29)23-8-7-22-17-24(10-9-21(22)16-23)30-15-5-13-26-11-2-1-3-12-26;/h7-10,16-17,20,28H,1-6,11-15,18-19H2;1H. The van der Waals surface area contributed by atoms with Crippen LogP contribution >= 0.6 is 12.4 Å². The number of fused-ring (bicyclic) bond motifs is 1. The van der Waals surface area contributed by atoms with Crippen molar-refractivity contribution in [3.8, 4) is 5.75 Å². The molecule has 1 atom stereocenters. The van der Waals surface area contributed by atoms with Gasteiger partial charge in [0, 0.05) is 31.8 Å². The summed E-state index contributed by atoms with van der Waals surface area (Å²) in [7, 11) is 0. The van der Waals surface area contributed by atoms with Crippen LogP contribution in [0.4, 0.5) is 0 Å². The van der Waals surface area contributed by atoms with Crippen LogP contribution in [0.1, 0.15) is 48.9 Å². The fraction of sp³-hybridized carbons (Fsp3) is 0.560. The van der Waals surface area contributed by atoms with Gasteiger partial charge in [0.2, 0.25) is 0 Å². The van der Waals surface area contributed by atoms with E-state index >= 15 is 0 Å². The third-order valence-corrected chi connectivity index (χ3v) is 6.46. The molecular weight excluding hydrogens is 412 g/mol. The minimum atomic E-state index is 0. The van der Waals surface area contributed by atoms with Crippen molar-refractivity contribution in [2.24, 2.45) is 5.92 Å². The van der Waals surface area contributed by atoms with Crippen LogP contribution in [-0.2, 0) is 0 Å². The molecular formula is C25H35ClN2O3. The second-order valence-corrected chi connectivity index (χ2v) is 8.77. The van der Waals surface area contributed by atoms with Gasteiger partial charge in [0.1, 0.15) is 5.75 Å². The molecule has 2 aliphatic rings. The summed E-state index contributed by atoms with van der Waals surface area (Å²) >= 11 is 0. The van der Waals surface area contributed by atoms with Gasteiger partial charge in [-0.3, -0.25) is 4.79 Å². The van der Waals surface area contributed by atoms with Crippen molar-refractivity contribution in [3.05, 3.63) is 42.0 Å². The van der Waals surface area contributed by atoms with Gasteiger partial charge in [0.25, 0.3) is 5.91 Å². The van der Waals surface area contributed by atoms with Crippen molar-refractivity contribution in [1.82, 2.24) is 9.80 Å². The van der Waals surface area contributed by atoms with E-state index in [-0.39, 0.29) is 30.8 Å². The highest BCUT2D eigenvalue weighted by atomic mass is 35.5. The van der Waals surface area contributed by atoms with E-state index in [1.165, 1.54) is 32.4 Å². The molecule has 0 radical (unpaired) electrons. The van der Waals surface area contributed by atoms with Crippen LogP contribution in [0.5, 0.6) is 5.75 Å². The monoisotopic (exact) mass is 446 g/mol. The van der Waals surface area contributed by atoms with Gasteiger partial charge >= 0.3 is 0 Å². The Bertz CT molecular complexity index is 854. The van der Waals surface area contributed by atoms with Crippen LogP contribution < -0.4 is 4.74 Å². The summed E-state index contributed by atoms with van der Waals surface area (Å²) in [6, 6.07) is 12.0. The zero-order valence-electron chi connectivity index (χ0n) is 18.3. The number of carbonyl (C=O) groups excluding carboxylic acids is 1. The fourth-order valence-electron chi connectivity index (χ4n) is 4.69. The van der Waals surface area contributed by atoms with E-state index < -0.39 is 0 Å². The van der Waals surface area contributed by atoms with Crippen molar-refractivity contribution in [2.75, 3.05) is 45.9 Å². The molecule has 170 valence electrons. The Balaban J connectivity index is 0.00000272. The Labute approximate surface area is 191 Å². The van der Waals surface area contributed by atoms with Crippen LogP contribution in [0.15, 0.2) is 36.4 Å². The fourth-order valence-corrected chi connectivity index (χ4v) is 4.69. The number of hydrogen-bond donors (Lipinski definition) is 1. The topological polar surface area (TPSA) is 53.0 Å². The predicted octanol–water partition coefficient (Wildman–Crippen LogP) is 4.36. The summed E-state index contributed by atoms with van der Waals surface area (Å²) in [4.78, 5) is 17.3. The van der Waals surface area contributed by atoms with Gasteiger partial charge in [-0.25, -0.2) is 0 Å². The van der Waals surface area contributed by atoms with E-state index in [1.807, 2.05) is 35.2 Å². The summed E-state index contributed by atoms with van der Waals surface area (Å²) in [5.41, 5.74) is 0.719. The Morgan fingerprint density at radius 2 is 1.77 bits per heavy atom. The van der Waals surface area contributed by atoms with E-state index in [4.69, 9.17) is 4.74 Å². The van der Waals surface area contributed by atoms with Crippen LogP contribution in [-0.4, -0.2) is 66.8 Å². The summed E-state index contributed by atoms with van der Waals surface area (Å²) in [6.45, 7) is 5.90. The summed E-state index contributed by atoms with van der Waals surface area (Å²) in [5.74, 6) is 1.16. The largest absolute Gasteiger partial charge is 0.494 e. The Hall–Kier alpha value is -1.82. The number of amides is 1. The first-order valence-corrected chi connectivity index (χ1v) is 11.5. The van der Waals surface area contributed by atoms with Crippen LogP contribution in [0, 0.1) is 5.92 Å². The minimum Gasteiger partial charge on any atom is -0.494 e. The lowest BCUT2D eigenvalue weighted by Gasteiger charge is -2.32. The first-order chi connectivity index (χ1) is 14.7. The normalized spacial score (nSPS) is 19.8. The van der Waals surface area contributed by atoms with E-state index in [9.17, 15) is 9.90 Å². The molecule has 0 spiro atoms. The molecule has 2 heterocycles. The van der Waals surface area contributed by atoms with E-state index in [1.54, 1.807) is 0 Å². The van der Waals surface area contributed by atoms with Crippen LogP contribution in [0.3, 0.4) is 0 Å². The summed E-state index contributed by atoms with van der Waals surface area (Å²) in [5, 5.41) is 11.6. The molecule has 2 aliphatic heterocycles. The molecule has 1 amide bonds. The van der Waals surface area contributed by atoms with Gasteiger partial charge < -0.3 is 19.6 Å². The molecule has 0 bridgehead atoms. The van der Waals surface area contributed by atoms with Gasteiger partial charge in [0.05, 0.1) is 6.61 Å². The predicted molar refractivity (Wildman–Crippen MR) is 127 cm³/mol. The highest BCUT2D eigenvalue weighted by Crippen LogP contribution is 2.24. The van der Waals surface area contributed by atoms with Gasteiger partial charge in [0.15, 0.2) is 0 Å². The van der Waals surface area contributed by atoms with Crippen molar-refractivity contribution < 1.29 is 14.6 Å². The highest BCUT2D eigenvalue weighted by molar-refractivity contribution is 5.98. The zero-order valence-corrected chi connectivity index (χ0v) is 19.1. The number of hydrogen-bond acceptors (Lipinski definition) is 4. The molecule has 1 unspecified atom stereocenters. The number of aliphatic hydroxyl groups excluding tert-OH is 1. The van der Waals surface area contributed by atoms with Crippen LogP contribution in [0.25, 0.3) is 10.8 Å². The number of likely N-dealkylation sites (tertiary alicyclic amines) is 2. The first kappa shape index (κ1) is 23.8. The summed E-state index contributed by atoms with van der Waals surface area (Å²) in [6.07, 6.45) is 7.04. The molecule has 2 fully saturated rings. The lowest BCUT2D eigenvalue weighted by molar-refractivity contribution is 0.0621. The molecule has 2 saturated heterocycles. The maximum absolute atomic E-state index is 12.9. The van der Waals surface area contributed by atoms with Gasteiger partial charge in [-0.15, -0.1) is 12.4 Å². The Morgan fingerprint density at radius 1 is 1.00 bits per heavy atom. The summed E-state index contributed by atoms with van der Waals surface area (Å²) < 4.78 is 5.98. The molecule has 5 nitrogen and oxygen atoms in total. The average molecular weight is 447 g/mol. The molecule has 2 aromatic carbocycles. The number of aliphatic hydroxyl groups is 1. The lowest BCUT2D eigenvalue weighted by Crippen LogP contribution is -2.40. The Morgan fingerprint density at radius 3 is 2.58 bits per heavy atom. The molecule has 0 saturated carbocycles. The van der Waals surface area contributed by atoms with Crippen molar-refractivity contribution in [2.45, 2.75) is 38.5 Å². The number of carbonyl (C=O) groups is 1. The van der Waals surface area contributed by atoms with Gasteiger partial charge in [-0.1, -0.05) is 18.6 Å². The molecule has 0 aromatic heterocycles. The second kappa shape index (κ2) is 11.7. The van der Waals surface area contributed by atoms with Crippen molar-refractivity contribution >= 4 is 29.1 Å². The SMILES string of the molecule is Cl.O=C(c1ccc2cc(OCCCN3CCCCC3)ccc2c1)N1CCCC(CO)C1. The van der Waals surface area contributed by atoms with Crippen LogP contribution in [0.2, 0.25) is 0 Å². The van der Waals surface area contributed by atoms with E-state index in [0.717, 1.165) is 61.0 Å². The Kier molecular flexibility index (Phi) is 9.00.